The summed E-state index contributed by atoms with van der Waals surface area (Å²) in [6, 6.07) is 19.3. The van der Waals surface area contributed by atoms with Gasteiger partial charge in [-0.05, 0) is 89.2 Å². The number of para-hydroxylation sites is 1. The predicted octanol–water partition coefficient (Wildman–Crippen LogP) is 5.82. The van der Waals surface area contributed by atoms with Gasteiger partial charge < -0.3 is 20.1 Å². The number of methoxy groups -OCH3 is 1. The van der Waals surface area contributed by atoms with E-state index in [0.717, 1.165) is 5.56 Å². The molecule has 0 radical (unpaired) electrons. The molecule has 3 aromatic carbocycles. The summed E-state index contributed by atoms with van der Waals surface area (Å²) in [4.78, 5) is 24.9. The zero-order valence-electron chi connectivity index (χ0n) is 18.9. The van der Waals surface area contributed by atoms with Gasteiger partial charge in [-0.1, -0.05) is 29.8 Å². The minimum absolute atomic E-state index is 0.0675. The summed E-state index contributed by atoms with van der Waals surface area (Å²) in [7, 11) is 1.47. The van der Waals surface area contributed by atoms with Crippen LogP contribution in [0, 0.1) is 21.8 Å². The van der Waals surface area contributed by atoms with Gasteiger partial charge in [-0.25, -0.2) is 0 Å². The summed E-state index contributed by atoms with van der Waals surface area (Å²) in [6.07, 6.45) is 1.47. The minimum atomic E-state index is -0.519. The molecule has 2 N–H and O–H groups in total. The van der Waals surface area contributed by atoms with Gasteiger partial charge in [0, 0.05) is 16.4 Å². The number of hydrogen-bond donors (Lipinski definition) is 2. The molecule has 0 fully saturated rings. The van der Waals surface area contributed by atoms with Crippen LogP contribution in [0.1, 0.15) is 11.1 Å². The highest BCUT2D eigenvalue weighted by atomic mass is 127. The number of carbonyl (C=O) groups is 2. The highest BCUT2D eigenvalue weighted by Gasteiger charge is 2.16. The number of benzene rings is 3. The third kappa shape index (κ3) is 7.21. The Hall–Kier alpha value is -3.55. The summed E-state index contributed by atoms with van der Waals surface area (Å²) in [5, 5.41) is 15.6. The van der Waals surface area contributed by atoms with Crippen molar-refractivity contribution in [1.29, 1.82) is 5.26 Å². The van der Waals surface area contributed by atoms with E-state index in [0.29, 0.717) is 37.0 Å². The Morgan fingerprint density at radius 2 is 1.83 bits per heavy atom. The average Bonchev–Trinajstić information content (AvgIpc) is 2.84. The predicted molar refractivity (Wildman–Crippen MR) is 145 cm³/mol. The van der Waals surface area contributed by atoms with E-state index < -0.39 is 5.91 Å². The molecule has 0 aliphatic rings. The molecular weight excluding hydrogens is 581 g/mol. The van der Waals surface area contributed by atoms with Crippen LogP contribution < -0.4 is 20.1 Å². The maximum atomic E-state index is 12.6. The van der Waals surface area contributed by atoms with Gasteiger partial charge in [-0.15, -0.1) is 0 Å². The van der Waals surface area contributed by atoms with Gasteiger partial charge >= 0.3 is 0 Å². The number of rotatable bonds is 8. The molecule has 0 unspecified atom stereocenters. The Bertz CT molecular complexity index is 1320. The van der Waals surface area contributed by atoms with Crippen molar-refractivity contribution in [2.45, 2.75) is 6.92 Å². The van der Waals surface area contributed by atoms with Crippen molar-refractivity contribution >= 4 is 63.5 Å². The number of anilines is 2. The molecule has 3 aromatic rings. The van der Waals surface area contributed by atoms with E-state index in [-0.39, 0.29) is 18.1 Å². The van der Waals surface area contributed by atoms with E-state index in [1.807, 2.05) is 47.7 Å². The lowest BCUT2D eigenvalue weighted by Crippen LogP contribution is -2.20. The Labute approximate surface area is 221 Å². The lowest BCUT2D eigenvalue weighted by Gasteiger charge is -2.14. The largest absolute Gasteiger partial charge is 0.493 e. The second kappa shape index (κ2) is 12.2. The van der Waals surface area contributed by atoms with Crippen LogP contribution in [-0.4, -0.2) is 25.5 Å². The quantitative estimate of drug-likeness (QED) is 0.192. The lowest BCUT2D eigenvalue weighted by atomic mass is 10.1. The number of nitrogens with one attached hydrogen (secondary N) is 2. The lowest BCUT2D eigenvalue weighted by molar-refractivity contribution is -0.118. The van der Waals surface area contributed by atoms with Crippen LogP contribution in [0.25, 0.3) is 6.08 Å². The van der Waals surface area contributed by atoms with Crippen LogP contribution in [0.4, 0.5) is 11.4 Å². The summed E-state index contributed by atoms with van der Waals surface area (Å²) in [5.41, 5.74) is 2.61. The highest BCUT2D eigenvalue weighted by molar-refractivity contribution is 14.1. The van der Waals surface area contributed by atoms with E-state index in [2.05, 4.69) is 10.6 Å². The molecule has 0 saturated heterocycles. The van der Waals surface area contributed by atoms with Crippen LogP contribution in [0.2, 0.25) is 5.02 Å². The number of halogens is 2. The Morgan fingerprint density at radius 1 is 1.11 bits per heavy atom. The fourth-order valence-corrected chi connectivity index (χ4v) is 3.96. The molecule has 0 heterocycles. The van der Waals surface area contributed by atoms with Gasteiger partial charge in [0.15, 0.2) is 18.1 Å². The number of nitriles is 1. The first kappa shape index (κ1) is 26.1. The van der Waals surface area contributed by atoms with Crippen molar-refractivity contribution in [2.24, 2.45) is 0 Å². The van der Waals surface area contributed by atoms with Crippen LogP contribution in [0.15, 0.2) is 66.2 Å². The summed E-state index contributed by atoms with van der Waals surface area (Å²) in [5.74, 6) is -0.137. The Kier molecular flexibility index (Phi) is 9.11. The molecule has 35 heavy (non-hydrogen) atoms. The fourth-order valence-electron chi connectivity index (χ4n) is 3.05. The molecule has 3 rings (SSSR count). The number of amides is 2. The SMILES string of the molecule is COc1cc(/C=C(\C#N)C(=O)Nc2ccccc2C)cc(I)c1OCC(=O)Nc1ccc(Cl)cc1. The summed E-state index contributed by atoms with van der Waals surface area (Å²) >= 11 is 7.90. The fraction of sp³-hybridized carbons (Fsp3) is 0.115. The van der Waals surface area contributed by atoms with Crippen molar-refractivity contribution in [3.05, 3.63) is 86.0 Å². The third-order valence-electron chi connectivity index (χ3n) is 4.80. The van der Waals surface area contributed by atoms with E-state index in [1.165, 1.54) is 13.2 Å². The van der Waals surface area contributed by atoms with Crippen LogP contribution in [0.5, 0.6) is 11.5 Å². The van der Waals surface area contributed by atoms with Crippen molar-refractivity contribution in [3.8, 4) is 17.6 Å². The Balaban J connectivity index is 1.74. The zero-order valence-corrected chi connectivity index (χ0v) is 21.8. The molecule has 7 nitrogen and oxygen atoms in total. The molecule has 0 aromatic heterocycles. The second-order valence-corrected chi connectivity index (χ2v) is 8.92. The monoisotopic (exact) mass is 601 g/mol. The molecular formula is C26H21ClIN3O4. The number of hydrogen-bond acceptors (Lipinski definition) is 5. The number of aryl methyl sites for hydroxylation is 1. The first-order chi connectivity index (χ1) is 16.8. The van der Waals surface area contributed by atoms with Gasteiger partial charge in [0.05, 0.1) is 10.7 Å². The zero-order chi connectivity index (χ0) is 25.4. The van der Waals surface area contributed by atoms with Crippen molar-refractivity contribution in [3.63, 3.8) is 0 Å². The summed E-state index contributed by atoms with van der Waals surface area (Å²) in [6.45, 7) is 1.62. The molecule has 2 amide bonds. The van der Waals surface area contributed by atoms with E-state index in [4.69, 9.17) is 21.1 Å². The molecule has 0 aliphatic carbocycles. The first-order valence-corrected chi connectivity index (χ1v) is 11.8. The van der Waals surface area contributed by atoms with Gasteiger partial charge in [-0.2, -0.15) is 5.26 Å². The number of ether oxygens (including phenoxy) is 2. The maximum Gasteiger partial charge on any atom is 0.266 e. The number of carbonyl (C=O) groups excluding carboxylic acids is 2. The van der Waals surface area contributed by atoms with Crippen LogP contribution >= 0.6 is 34.2 Å². The maximum absolute atomic E-state index is 12.6. The van der Waals surface area contributed by atoms with E-state index in [1.54, 1.807) is 48.5 Å². The molecule has 0 saturated carbocycles. The number of nitrogens with zero attached hydrogens (tertiary/aromatic N) is 1. The smallest absolute Gasteiger partial charge is 0.266 e. The molecule has 178 valence electrons. The summed E-state index contributed by atoms with van der Waals surface area (Å²) < 4.78 is 11.8. The second-order valence-electron chi connectivity index (χ2n) is 7.32. The first-order valence-electron chi connectivity index (χ1n) is 10.3. The Morgan fingerprint density at radius 3 is 2.49 bits per heavy atom. The normalized spacial score (nSPS) is 10.8. The highest BCUT2D eigenvalue weighted by Crippen LogP contribution is 2.34. The van der Waals surface area contributed by atoms with E-state index >= 15 is 0 Å². The molecule has 0 aliphatic heterocycles. The van der Waals surface area contributed by atoms with Crippen LogP contribution in [-0.2, 0) is 9.59 Å². The standard InChI is InChI=1S/C26H21ClIN3O4/c1-16-5-3-4-6-22(16)31-26(33)18(14-29)11-17-12-21(28)25(23(13-17)34-2)35-15-24(32)30-20-9-7-19(27)8-10-20/h3-13H,15H2,1-2H3,(H,30,32)(H,31,33)/b18-11+. The molecule has 0 atom stereocenters. The van der Waals surface area contributed by atoms with Gasteiger partial charge in [0.2, 0.25) is 0 Å². The molecule has 0 bridgehead atoms. The molecule has 0 spiro atoms. The van der Waals surface area contributed by atoms with Crippen molar-refractivity contribution < 1.29 is 19.1 Å². The van der Waals surface area contributed by atoms with Gasteiger partial charge in [0.1, 0.15) is 11.6 Å². The topological polar surface area (TPSA) is 100 Å². The van der Waals surface area contributed by atoms with Crippen molar-refractivity contribution in [2.75, 3.05) is 24.4 Å². The molecule has 9 heteroatoms. The van der Waals surface area contributed by atoms with Crippen LogP contribution in [0.3, 0.4) is 0 Å². The average molecular weight is 602 g/mol. The van der Waals surface area contributed by atoms with Gasteiger partial charge in [-0.3, -0.25) is 9.59 Å². The van der Waals surface area contributed by atoms with Crippen molar-refractivity contribution in [1.82, 2.24) is 0 Å². The van der Waals surface area contributed by atoms with Gasteiger partial charge in [0.25, 0.3) is 11.8 Å². The minimum Gasteiger partial charge on any atom is -0.493 e. The third-order valence-corrected chi connectivity index (χ3v) is 5.85. The van der Waals surface area contributed by atoms with E-state index in [9.17, 15) is 14.9 Å².